The molecule has 10 heteroatoms. The molecule has 0 aliphatic carbocycles. The maximum atomic E-state index is 14.0. The van der Waals surface area contributed by atoms with E-state index in [0.29, 0.717) is 0 Å². The minimum absolute atomic E-state index is 0.152. The number of hydrogen-bond acceptors (Lipinski definition) is 5. The number of nitrogen functional groups attached to an aromatic ring is 1. The maximum Gasteiger partial charge on any atom is 0.418 e. The third kappa shape index (κ3) is 2.44. The molecule has 0 fully saturated rings. The molecule has 0 bridgehead atoms. The van der Waals surface area contributed by atoms with Crippen molar-refractivity contribution in [1.82, 2.24) is 0 Å². The van der Waals surface area contributed by atoms with Crippen LogP contribution in [0, 0.1) is 5.82 Å². The van der Waals surface area contributed by atoms with Crippen LogP contribution in [-0.4, -0.2) is 30.9 Å². The first-order valence-electron chi connectivity index (χ1n) is 6.45. The third-order valence-corrected chi connectivity index (χ3v) is 6.57. The minimum atomic E-state index is -5.18. The number of nitrogens with two attached hydrogens (primary N) is 2. The van der Waals surface area contributed by atoms with E-state index in [1.807, 2.05) is 0 Å². The van der Waals surface area contributed by atoms with Gasteiger partial charge >= 0.3 is 6.18 Å². The number of alkyl halides is 3. The highest BCUT2D eigenvalue weighted by Gasteiger charge is 2.64. The highest BCUT2D eigenvalue weighted by Crippen LogP contribution is 2.48. The zero-order chi connectivity index (χ0) is 17.8. The van der Waals surface area contributed by atoms with E-state index in [-0.39, 0.29) is 5.69 Å². The number of sulfone groups is 1. The zero-order valence-corrected chi connectivity index (χ0v) is 13.1. The Morgan fingerprint density at radius 2 is 1.78 bits per heavy atom. The van der Waals surface area contributed by atoms with Crippen LogP contribution in [0.5, 0.6) is 0 Å². The quantitative estimate of drug-likeness (QED) is 0.593. The molecule has 0 saturated heterocycles. The smallest absolute Gasteiger partial charge is 0.399 e. The highest BCUT2D eigenvalue weighted by atomic mass is 32.2. The van der Waals surface area contributed by atoms with Crippen LogP contribution >= 0.6 is 0 Å². The van der Waals surface area contributed by atoms with E-state index in [4.69, 9.17) is 11.5 Å². The second kappa shape index (κ2) is 4.83. The molecule has 0 spiro atoms. The lowest BCUT2D eigenvalue weighted by Crippen LogP contribution is -2.60. The molecule has 1 atom stereocenters. The van der Waals surface area contributed by atoms with Gasteiger partial charge in [-0.2, -0.15) is 13.2 Å². The normalized spacial score (nSPS) is 26.6. The summed E-state index contributed by atoms with van der Waals surface area (Å²) in [6.45, 7) is 2.30. The summed E-state index contributed by atoms with van der Waals surface area (Å²) in [6.07, 6.45) is -5.18. The van der Waals surface area contributed by atoms with Crippen LogP contribution in [0.25, 0.3) is 0 Å². The fourth-order valence-corrected chi connectivity index (χ4v) is 3.94. The number of anilines is 1. The molecule has 0 aromatic heterocycles. The number of nitrogens with zero attached hydrogens (tertiary/aromatic N) is 1. The second-order valence-corrected chi connectivity index (χ2v) is 8.40. The summed E-state index contributed by atoms with van der Waals surface area (Å²) in [5, 5.41) is 0. The predicted octanol–water partition coefficient (Wildman–Crippen LogP) is 1.73. The Kier molecular flexibility index (Phi) is 3.67. The molecule has 1 aliphatic heterocycles. The van der Waals surface area contributed by atoms with Gasteiger partial charge in [0.15, 0.2) is 15.4 Å². The van der Waals surface area contributed by atoms with Crippen LogP contribution in [0.1, 0.15) is 19.4 Å². The number of halogens is 4. The van der Waals surface area contributed by atoms with Crippen LogP contribution in [0.15, 0.2) is 23.2 Å². The molecule has 0 saturated carbocycles. The molecule has 1 heterocycles. The van der Waals surface area contributed by atoms with E-state index in [2.05, 4.69) is 4.99 Å². The van der Waals surface area contributed by atoms with Crippen LogP contribution < -0.4 is 11.5 Å². The Morgan fingerprint density at radius 3 is 2.26 bits per heavy atom. The first-order valence-corrected chi connectivity index (χ1v) is 8.10. The molecular formula is C13H15F4N3O2S. The van der Waals surface area contributed by atoms with Crippen LogP contribution in [0.4, 0.5) is 23.2 Å². The SMILES string of the molecule is CC1(C)C(N)=NC(c2cc(N)ccc2F)(C(F)(F)F)CS1(=O)=O. The Labute approximate surface area is 130 Å². The van der Waals surface area contributed by atoms with E-state index < -0.39 is 49.3 Å². The number of amidine groups is 1. The average molecular weight is 353 g/mol. The van der Waals surface area contributed by atoms with Crippen molar-refractivity contribution in [1.29, 1.82) is 0 Å². The van der Waals surface area contributed by atoms with Gasteiger partial charge in [-0.1, -0.05) is 0 Å². The number of benzene rings is 1. The van der Waals surface area contributed by atoms with Crippen LogP contribution in [0.2, 0.25) is 0 Å². The summed E-state index contributed by atoms with van der Waals surface area (Å²) >= 11 is 0. The molecule has 1 aromatic rings. The average Bonchev–Trinajstić information content (AvgIpc) is 2.37. The van der Waals surface area contributed by atoms with Gasteiger partial charge in [0.05, 0.1) is 5.75 Å². The first-order chi connectivity index (χ1) is 10.2. The molecule has 5 nitrogen and oxygen atoms in total. The van der Waals surface area contributed by atoms with Crippen molar-refractivity contribution in [3.8, 4) is 0 Å². The largest absolute Gasteiger partial charge is 0.418 e. The summed E-state index contributed by atoms with van der Waals surface area (Å²) in [5.41, 5.74) is 6.49. The van der Waals surface area contributed by atoms with Gasteiger partial charge in [0.2, 0.25) is 0 Å². The first kappa shape index (κ1) is 17.5. The molecule has 1 unspecified atom stereocenters. The minimum Gasteiger partial charge on any atom is -0.399 e. The molecule has 1 aliphatic rings. The summed E-state index contributed by atoms with van der Waals surface area (Å²) in [6, 6.07) is 2.53. The van der Waals surface area contributed by atoms with Gasteiger partial charge in [0.25, 0.3) is 0 Å². The second-order valence-electron chi connectivity index (χ2n) is 5.86. The van der Waals surface area contributed by atoms with E-state index >= 15 is 0 Å². The molecule has 23 heavy (non-hydrogen) atoms. The standard InChI is InChI=1S/C13H15F4N3O2S/c1-11(2)10(19)20-12(13(15,16)17,6-23(11,21)22)8-5-7(18)3-4-9(8)14/h3-5H,6,18H2,1-2H3,(H2,19,20). The van der Waals surface area contributed by atoms with E-state index in [1.54, 1.807) is 0 Å². The Bertz CT molecular complexity index is 787. The van der Waals surface area contributed by atoms with Crippen molar-refractivity contribution in [3.63, 3.8) is 0 Å². The topological polar surface area (TPSA) is 98.5 Å². The van der Waals surface area contributed by atoms with E-state index in [0.717, 1.165) is 32.0 Å². The van der Waals surface area contributed by atoms with Gasteiger partial charge in [0.1, 0.15) is 16.4 Å². The number of hydrogen-bond donors (Lipinski definition) is 2. The van der Waals surface area contributed by atoms with Crippen molar-refractivity contribution in [2.24, 2.45) is 10.7 Å². The van der Waals surface area contributed by atoms with Gasteiger partial charge in [-0.25, -0.2) is 17.8 Å². The van der Waals surface area contributed by atoms with Gasteiger partial charge in [-0.3, -0.25) is 0 Å². The summed E-state index contributed by atoms with van der Waals surface area (Å²) < 4.78 is 78.1. The Hall–Kier alpha value is -1.84. The van der Waals surface area contributed by atoms with Crippen LogP contribution in [0.3, 0.4) is 0 Å². The maximum absolute atomic E-state index is 14.0. The third-order valence-electron chi connectivity index (χ3n) is 4.01. The monoisotopic (exact) mass is 353 g/mol. The van der Waals surface area contributed by atoms with E-state index in [1.165, 1.54) is 0 Å². The molecule has 1 aromatic carbocycles. The lowest BCUT2D eigenvalue weighted by atomic mass is 9.90. The van der Waals surface area contributed by atoms with Gasteiger partial charge in [-0.05, 0) is 32.0 Å². The molecular weight excluding hydrogens is 338 g/mol. The predicted molar refractivity (Wildman–Crippen MR) is 78.0 cm³/mol. The van der Waals surface area contributed by atoms with Crippen LogP contribution in [-0.2, 0) is 15.4 Å². The van der Waals surface area contributed by atoms with Crippen molar-refractivity contribution in [3.05, 3.63) is 29.6 Å². The van der Waals surface area contributed by atoms with Gasteiger partial charge in [0, 0.05) is 11.3 Å². The number of aliphatic imine (C=N–C) groups is 1. The van der Waals surface area contributed by atoms with E-state index in [9.17, 15) is 26.0 Å². The molecule has 0 radical (unpaired) electrons. The highest BCUT2D eigenvalue weighted by molar-refractivity contribution is 7.93. The molecule has 128 valence electrons. The molecule has 0 amide bonds. The van der Waals surface area contributed by atoms with Crippen molar-refractivity contribution >= 4 is 21.4 Å². The summed E-state index contributed by atoms with van der Waals surface area (Å²) in [7, 11) is -4.36. The van der Waals surface area contributed by atoms with Crippen molar-refractivity contribution in [2.75, 3.05) is 11.5 Å². The van der Waals surface area contributed by atoms with Crippen molar-refractivity contribution < 1.29 is 26.0 Å². The Balaban J connectivity index is 2.90. The Morgan fingerprint density at radius 1 is 1.22 bits per heavy atom. The van der Waals surface area contributed by atoms with Gasteiger partial charge < -0.3 is 11.5 Å². The summed E-state index contributed by atoms with van der Waals surface area (Å²) in [5.74, 6) is -3.44. The van der Waals surface area contributed by atoms with Crippen molar-refractivity contribution in [2.45, 2.75) is 30.3 Å². The lowest BCUT2D eigenvalue weighted by Gasteiger charge is -2.40. The lowest BCUT2D eigenvalue weighted by molar-refractivity contribution is -0.183. The summed E-state index contributed by atoms with van der Waals surface area (Å²) in [4.78, 5) is 3.40. The fraction of sp³-hybridized carbons (Fsp3) is 0.462. The molecule has 2 rings (SSSR count). The van der Waals surface area contributed by atoms with Gasteiger partial charge in [-0.15, -0.1) is 0 Å². The zero-order valence-electron chi connectivity index (χ0n) is 12.3. The molecule has 4 N–H and O–H groups in total. The number of rotatable bonds is 1. The fourth-order valence-electron chi connectivity index (χ4n) is 2.28.